The van der Waals surface area contributed by atoms with Gasteiger partial charge in [-0.25, -0.2) is 4.98 Å². The van der Waals surface area contributed by atoms with Crippen LogP contribution < -0.4 is 0 Å². The Labute approximate surface area is 443 Å². The van der Waals surface area contributed by atoms with Crippen molar-refractivity contribution in [3.05, 3.63) is 236 Å². The molecule has 0 unspecified atom stereocenters. The Hall–Kier alpha value is -9.19. The van der Waals surface area contributed by atoms with Crippen LogP contribution in [0.15, 0.2) is 236 Å². The molecule has 0 aliphatic carbocycles. The Morgan fingerprint density at radius 3 is 1.41 bits per heavy atom. The number of rotatable bonds is 6. The maximum Gasteiger partial charge on any atom is 0.238 e. The third-order valence-corrected chi connectivity index (χ3v) is 11.1. The molecule has 0 bridgehead atoms. The summed E-state index contributed by atoms with van der Waals surface area (Å²) in [7, 11) is 0. The van der Waals surface area contributed by atoms with Crippen molar-refractivity contribution in [1.29, 1.82) is 0 Å². The summed E-state index contributed by atoms with van der Waals surface area (Å²) in [6.45, 7) is 0. The van der Waals surface area contributed by atoms with Gasteiger partial charge < -0.3 is 4.57 Å². The molecule has 316 valence electrons. The van der Waals surface area contributed by atoms with E-state index in [-0.39, 0.29) is 0 Å². The van der Waals surface area contributed by atoms with Gasteiger partial charge in [0.15, 0.2) is 11.6 Å². The highest BCUT2D eigenvalue weighted by atomic mass is 15.2. The zero-order chi connectivity index (χ0) is 76.9. The largest absolute Gasteiger partial charge is 0.307 e. The van der Waals surface area contributed by atoms with Gasteiger partial charge in [-0.15, -0.1) is 0 Å². The number of fused-ring (bicyclic) bond motifs is 13. The van der Waals surface area contributed by atoms with Crippen molar-refractivity contribution in [3.63, 3.8) is 0 Å². The zero-order valence-electron chi connectivity index (χ0n) is 70.9. The van der Waals surface area contributed by atoms with Crippen LogP contribution in [0.25, 0.3) is 133 Å². The summed E-state index contributed by atoms with van der Waals surface area (Å²) in [6, 6.07) is -34.2. The lowest BCUT2D eigenvalue weighted by atomic mass is 9.92. The average molecular weight is 903 g/mol. The van der Waals surface area contributed by atoms with Crippen molar-refractivity contribution in [3.8, 4) is 56.7 Å². The Kier molecular flexibility index (Phi) is 3.71. The molecule has 14 rings (SSSR count). The fourth-order valence-corrected chi connectivity index (χ4v) is 8.28. The van der Waals surface area contributed by atoms with Crippen LogP contribution in [0.1, 0.15) is 50.7 Å². The molecule has 0 fully saturated rings. The van der Waals surface area contributed by atoms with E-state index in [0.717, 1.165) is 21.3 Å². The molecule has 11 aromatic carbocycles. The average Bonchev–Trinajstić information content (AvgIpc) is 1.43. The third kappa shape index (κ3) is 5.86. The van der Waals surface area contributed by atoms with Gasteiger partial charge in [-0.05, 0) is 73.2 Å². The van der Waals surface area contributed by atoms with E-state index in [2.05, 4.69) is 15.0 Å². The Morgan fingerprint density at radius 1 is 0.294 bits per heavy atom. The lowest BCUT2D eigenvalue weighted by molar-refractivity contribution is 0.953. The molecule has 0 N–H and O–H groups in total. The molecular weight excluding hydrogens is 827 g/mol. The Bertz CT molecular complexity index is 6430. The van der Waals surface area contributed by atoms with E-state index >= 15 is 0 Å². The summed E-state index contributed by atoms with van der Waals surface area (Å²) in [6.07, 6.45) is 0. The molecule has 0 aliphatic heterocycles. The van der Waals surface area contributed by atoms with Crippen molar-refractivity contribution in [2.45, 2.75) is 0 Å². The number of hydrogen-bond acceptors (Lipinski definition) is 3. The van der Waals surface area contributed by atoms with Crippen LogP contribution >= 0.6 is 0 Å². The van der Waals surface area contributed by atoms with Gasteiger partial charge in [0, 0.05) is 38.2 Å². The van der Waals surface area contributed by atoms with Crippen molar-refractivity contribution in [2.24, 2.45) is 0 Å². The molecule has 0 saturated carbocycles. The molecule has 68 heavy (non-hydrogen) atoms. The third-order valence-electron chi connectivity index (χ3n) is 11.1. The van der Waals surface area contributed by atoms with Crippen LogP contribution in [0, 0.1) is 0 Å². The molecule has 5 nitrogen and oxygen atoms in total. The van der Waals surface area contributed by atoms with Crippen molar-refractivity contribution >= 4 is 75.9 Å². The van der Waals surface area contributed by atoms with Crippen LogP contribution in [0.4, 0.5) is 0 Å². The smallest absolute Gasteiger partial charge is 0.238 e. The summed E-state index contributed by atoms with van der Waals surface area (Å²) in [4.78, 5) is 13.7. The molecule has 0 aliphatic rings. The molecule has 3 aromatic heterocycles. The summed E-state index contributed by atoms with van der Waals surface area (Å²) in [5.74, 6) is -2.96. The van der Waals surface area contributed by atoms with Gasteiger partial charge in [-0.2, -0.15) is 9.97 Å². The van der Waals surface area contributed by atoms with Crippen LogP contribution in [0.3, 0.4) is 0 Å². The van der Waals surface area contributed by atoms with Crippen LogP contribution in [0.2, 0.25) is 0 Å². The van der Waals surface area contributed by atoms with Gasteiger partial charge in [-0.1, -0.05) is 211 Å². The van der Waals surface area contributed by atoms with Gasteiger partial charge in [0.1, 0.15) is 0 Å². The van der Waals surface area contributed by atoms with Gasteiger partial charge in [0.05, 0.1) is 78.5 Å². The summed E-state index contributed by atoms with van der Waals surface area (Å²) in [5, 5.41) is -6.24. The molecule has 0 atom stereocenters. The first kappa shape index (κ1) is 16.6. The summed E-state index contributed by atoms with van der Waals surface area (Å²) < 4.78 is 342. The number of para-hydroxylation sites is 3. The highest BCUT2D eigenvalue weighted by Gasteiger charge is 2.25. The molecule has 5 heteroatoms. The standard InChI is InChI=1S/C63H39N5/c1-3-17-40(18-4-1)41-31-33-43(34-32-41)62-64-61(42-19-5-2-6-20-42)65-63(66-62)68-58-30-16-13-27-52(58)54-38-37-53-51-26-12-15-29-57(51)67(59(53)60(54)68)56-28-14-11-21-45(56)44-35-36-50-48-24-8-7-22-46(48)47-23-9-10-25-49(47)55(50)39-44/h1-39H/i1D,2D,3D,4D,5D,6D,7D,8D,9D,10D,11D,12D,13D,14D,15D,16D,17D,18D,19D,20D,21D,22D,23D,24D,25D,26D,27D,29D,31D,32D,33D,34D,35D,36D,37D,38D,39D. The van der Waals surface area contributed by atoms with E-state index in [1.165, 1.54) is 0 Å². The van der Waals surface area contributed by atoms with E-state index < -0.39 is 356 Å². The monoisotopic (exact) mass is 903 g/mol. The second-order valence-corrected chi connectivity index (χ2v) is 14.7. The van der Waals surface area contributed by atoms with E-state index in [0.29, 0.717) is 0 Å². The Balaban J connectivity index is 1.24. The minimum absolute atomic E-state index is 0.533. The molecule has 0 radical (unpaired) electrons. The van der Waals surface area contributed by atoms with E-state index in [4.69, 9.17) is 21.9 Å². The summed E-state index contributed by atoms with van der Waals surface area (Å²) >= 11 is 0. The van der Waals surface area contributed by atoms with E-state index in [1.54, 1.807) is 0 Å². The van der Waals surface area contributed by atoms with Gasteiger partial charge in [-0.3, -0.25) is 4.57 Å². The minimum Gasteiger partial charge on any atom is -0.307 e. The van der Waals surface area contributed by atoms with Crippen molar-refractivity contribution < 1.29 is 50.7 Å². The van der Waals surface area contributed by atoms with E-state index in [9.17, 15) is 28.8 Å². The molecule has 0 saturated heterocycles. The Morgan fingerprint density at radius 2 is 0.735 bits per heavy atom. The fourth-order valence-electron chi connectivity index (χ4n) is 8.28. The van der Waals surface area contributed by atoms with Crippen molar-refractivity contribution in [2.75, 3.05) is 0 Å². The van der Waals surface area contributed by atoms with Crippen molar-refractivity contribution in [1.82, 2.24) is 24.1 Å². The van der Waals surface area contributed by atoms with Gasteiger partial charge >= 0.3 is 0 Å². The van der Waals surface area contributed by atoms with Crippen LogP contribution in [-0.2, 0) is 0 Å². The van der Waals surface area contributed by atoms with Gasteiger partial charge in [0.2, 0.25) is 5.95 Å². The first-order chi connectivity index (χ1) is 49.1. The lowest BCUT2D eigenvalue weighted by Crippen LogP contribution is -2.07. The normalized spacial score (nSPS) is 19.4. The summed E-state index contributed by atoms with van der Waals surface area (Å²) in [5.41, 5.74) is -8.66. The second kappa shape index (κ2) is 15.2. The van der Waals surface area contributed by atoms with Gasteiger partial charge in [0.25, 0.3) is 0 Å². The number of nitrogens with zero attached hydrogens (tertiary/aromatic N) is 5. The lowest BCUT2D eigenvalue weighted by Gasteiger charge is -2.17. The van der Waals surface area contributed by atoms with Crippen LogP contribution in [0.5, 0.6) is 0 Å². The molecular formula is C63H39N5. The number of aromatic nitrogens is 5. The maximum atomic E-state index is 10.3. The number of benzene rings is 11. The minimum atomic E-state index is -1.12. The zero-order valence-corrected chi connectivity index (χ0v) is 33.9. The first-order valence-corrected chi connectivity index (χ1v) is 20.1. The van der Waals surface area contributed by atoms with E-state index in [1.807, 2.05) is 0 Å². The molecule has 3 heterocycles. The molecule has 0 amide bonds. The molecule has 14 aromatic rings. The SMILES string of the molecule is [2H]c1cc(-n2c3c([2H])c([2H])c([2H])c([2H])c3c3c([2H])c([2H])c4c5c([2H])c([2H])c([2H])cc5n(-c5nc(-c6c([2H])c([2H])c([2H])c([2H])c6[2H])nc(-c6c([2H])c([2H])c(-c7c([2H])c([2H])c([2H])c([2H])c7[2H])c([2H])c6[2H])n5)c4c32)c(-c2c([2H])c([2H])c3c4c([2H])c([2H])c([2H])c([2H])c4c4c([2H])c([2H])c([2H])c([2H])c4c3c2[2H])c([2H])c1[2H]. The first-order valence-electron chi connectivity index (χ1n) is 38.6. The predicted octanol–water partition coefficient (Wildman–Crippen LogP) is 16.2. The quantitative estimate of drug-likeness (QED) is 0.156. The van der Waals surface area contributed by atoms with Crippen LogP contribution in [-0.4, -0.2) is 24.1 Å². The second-order valence-electron chi connectivity index (χ2n) is 14.7. The topological polar surface area (TPSA) is 48.5 Å². The highest BCUT2D eigenvalue weighted by molar-refractivity contribution is 6.26. The number of hydrogen-bond donors (Lipinski definition) is 0. The maximum absolute atomic E-state index is 10.3. The fraction of sp³-hybridized carbons (Fsp3) is 0. The predicted molar refractivity (Wildman–Crippen MR) is 283 cm³/mol. The molecule has 0 spiro atoms. The highest BCUT2D eigenvalue weighted by Crippen LogP contribution is 2.44.